The maximum atomic E-state index is 6.10. The molecule has 2 rings (SSSR count). The molecule has 0 heterocycles. The van der Waals surface area contributed by atoms with E-state index >= 15 is 0 Å². The topological polar surface area (TPSA) is 42.5 Å². The Labute approximate surface area is 146 Å². The first-order valence-electron chi connectivity index (χ1n) is 7.08. The summed E-state index contributed by atoms with van der Waals surface area (Å²) in [6, 6.07) is 13.3. The van der Waals surface area contributed by atoms with Crippen LogP contribution in [0.3, 0.4) is 0 Å². The number of thiocarbonyl (C=S) groups is 1. The molecule has 0 bridgehead atoms. The van der Waals surface area contributed by atoms with Gasteiger partial charge in [-0.2, -0.15) is 0 Å². The minimum Gasteiger partial charge on any atom is -0.497 e. The van der Waals surface area contributed by atoms with Crippen molar-refractivity contribution in [1.82, 2.24) is 5.32 Å². The molecule has 0 saturated carbocycles. The van der Waals surface area contributed by atoms with E-state index in [2.05, 4.69) is 10.6 Å². The van der Waals surface area contributed by atoms with Gasteiger partial charge in [-0.05, 0) is 55.0 Å². The summed E-state index contributed by atoms with van der Waals surface area (Å²) in [5, 5.41) is 7.40. The van der Waals surface area contributed by atoms with E-state index < -0.39 is 0 Å². The Morgan fingerprint density at radius 3 is 2.35 bits per heavy atom. The van der Waals surface area contributed by atoms with Gasteiger partial charge in [0.15, 0.2) is 5.11 Å². The summed E-state index contributed by atoms with van der Waals surface area (Å²) >= 11 is 11.4. The maximum absolute atomic E-state index is 6.10. The highest BCUT2D eigenvalue weighted by atomic mass is 35.5. The SMILES string of the molecule is COc1ccc(C(C)NC(=S)Nc2ccc(OC)c(Cl)c2)cc1. The highest BCUT2D eigenvalue weighted by molar-refractivity contribution is 7.80. The van der Waals surface area contributed by atoms with E-state index in [4.69, 9.17) is 33.3 Å². The summed E-state index contributed by atoms with van der Waals surface area (Å²) in [6.07, 6.45) is 0. The lowest BCUT2D eigenvalue weighted by Gasteiger charge is -2.18. The second-order valence-electron chi connectivity index (χ2n) is 4.94. The largest absolute Gasteiger partial charge is 0.497 e. The number of hydrogen-bond donors (Lipinski definition) is 2. The lowest BCUT2D eigenvalue weighted by molar-refractivity contribution is 0.414. The molecule has 0 saturated heterocycles. The van der Waals surface area contributed by atoms with Crippen LogP contribution in [0.4, 0.5) is 5.69 Å². The number of nitrogens with one attached hydrogen (secondary N) is 2. The Morgan fingerprint density at radius 1 is 1.09 bits per heavy atom. The molecule has 23 heavy (non-hydrogen) atoms. The minimum atomic E-state index is 0.0645. The molecule has 0 fully saturated rings. The summed E-state index contributed by atoms with van der Waals surface area (Å²) < 4.78 is 10.3. The molecule has 6 heteroatoms. The van der Waals surface area contributed by atoms with Gasteiger partial charge in [-0.1, -0.05) is 23.7 Å². The molecule has 122 valence electrons. The fourth-order valence-electron chi connectivity index (χ4n) is 2.08. The highest BCUT2D eigenvalue weighted by Gasteiger charge is 2.08. The van der Waals surface area contributed by atoms with Gasteiger partial charge >= 0.3 is 0 Å². The van der Waals surface area contributed by atoms with Gasteiger partial charge in [-0.3, -0.25) is 0 Å². The van der Waals surface area contributed by atoms with Crippen LogP contribution in [-0.2, 0) is 0 Å². The first-order valence-corrected chi connectivity index (χ1v) is 7.87. The molecule has 2 aromatic carbocycles. The van der Waals surface area contributed by atoms with E-state index in [1.807, 2.05) is 37.3 Å². The Kier molecular flexibility index (Phi) is 6.07. The number of anilines is 1. The Bertz CT molecular complexity index is 677. The third-order valence-electron chi connectivity index (χ3n) is 3.37. The Morgan fingerprint density at radius 2 is 1.78 bits per heavy atom. The molecule has 0 spiro atoms. The standard InChI is InChI=1S/C17H19ClN2O2S/c1-11(12-4-7-14(21-2)8-5-12)19-17(23)20-13-6-9-16(22-3)15(18)10-13/h4-11H,1-3H3,(H2,19,20,23). The van der Waals surface area contributed by atoms with Gasteiger partial charge in [0, 0.05) is 5.69 Å². The van der Waals surface area contributed by atoms with Crippen molar-refractivity contribution in [2.45, 2.75) is 13.0 Å². The third kappa shape index (κ3) is 4.74. The van der Waals surface area contributed by atoms with Crippen LogP contribution in [-0.4, -0.2) is 19.3 Å². The fourth-order valence-corrected chi connectivity index (χ4v) is 2.64. The molecule has 0 aliphatic carbocycles. The van der Waals surface area contributed by atoms with Crippen LogP contribution in [0.2, 0.25) is 5.02 Å². The fraction of sp³-hybridized carbons (Fsp3) is 0.235. The summed E-state index contributed by atoms with van der Waals surface area (Å²) in [5.74, 6) is 1.46. The molecular formula is C17H19ClN2O2S. The molecule has 1 unspecified atom stereocenters. The van der Waals surface area contributed by atoms with Gasteiger partial charge in [-0.15, -0.1) is 0 Å². The van der Waals surface area contributed by atoms with Crippen molar-refractivity contribution in [3.63, 3.8) is 0 Å². The van der Waals surface area contributed by atoms with E-state index in [1.54, 1.807) is 26.4 Å². The van der Waals surface area contributed by atoms with Crippen molar-refractivity contribution in [2.24, 2.45) is 0 Å². The first kappa shape index (κ1) is 17.4. The Hall–Kier alpha value is -1.98. The van der Waals surface area contributed by atoms with Crippen LogP contribution in [0, 0.1) is 0 Å². The molecule has 0 amide bonds. The summed E-state index contributed by atoms with van der Waals surface area (Å²) in [4.78, 5) is 0. The molecule has 0 aromatic heterocycles. The summed E-state index contributed by atoms with van der Waals surface area (Å²) in [7, 11) is 3.23. The molecule has 4 nitrogen and oxygen atoms in total. The van der Waals surface area contributed by atoms with Crippen LogP contribution < -0.4 is 20.1 Å². The zero-order valence-electron chi connectivity index (χ0n) is 13.2. The van der Waals surface area contributed by atoms with Crippen molar-refractivity contribution < 1.29 is 9.47 Å². The number of rotatable bonds is 5. The van der Waals surface area contributed by atoms with E-state index in [0.29, 0.717) is 15.9 Å². The van der Waals surface area contributed by atoms with Gasteiger partial charge in [0.2, 0.25) is 0 Å². The van der Waals surface area contributed by atoms with Gasteiger partial charge in [0.1, 0.15) is 11.5 Å². The zero-order chi connectivity index (χ0) is 16.8. The summed E-state index contributed by atoms with van der Waals surface area (Å²) in [5.41, 5.74) is 1.91. The summed E-state index contributed by atoms with van der Waals surface area (Å²) in [6.45, 7) is 2.04. The Balaban J connectivity index is 1.96. The second kappa shape index (κ2) is 8.04. The van der Waals surface area contributed by atoms with E-state index in [0.717, 1.165) is 17.0 Å². The van der Waals surface area contributed by atoms with Crippen molar-refractivity contribution in [1.29, 1.82) is 0 Å². The number of halogens is 1. The van der Waals surface area contributed by atoms with Gasteiger partial charge < -0.3 is 20.1 Å². The predicted molar refractivity (Wildman–Crippen MR) is 98.8 cm³/mol. The van der Waals surface area contributed by atoms with Crippen molar-refractivity contribution in [2.75, 3.05) is 19.5 Å². The van der Waals surface area contributed by atoms with Gasteiger partial charge in [0.25, 0.3) is 0 Å². The average molecular weight is 351 g/mol. The average Bonchev–Trinajstić information content (AvgIpc) is 2.55. The number of ether oxygens (including phenoxy) is 2. The van der Waals surface area contributed by atoms with Crippen molar-refractivity contribution in [3.05, 3.63) is 53.1 Å². The third-order valence-corrected chi connectivity index (χ3v) is 3.89. The molecule has 1 atom stereocenters. The molecule has 0 aliphatic heterocycles. The van der Waals surface area contributed by atoms with Gasteiger partial charge in [-0.25, -0.2) is 0 Å². The van der Waals surface area contributed by atoms with Gasteiger partial charge in [0.05, 0.1) is 25.3 Å². The van der Waals surface area contributed by atoms with Crippen LogP contribution >= 0.6 is 23.8 Å². The quantitative estimate of drug-likeness (QED) is 0.782. The van der Waals surface area contributed by atoms with Crippen molar-refractivity contribution in [3.8, 4) is 11.5 Å². The lowest BCUT2D eigenvalue weighted by Crippen LogP contribution is -2.30. The molecule has 0 aliphatic rings. The smallest absolute Gasteiger partial charge is 0.171 e. The highest BCUT2D eigenvalue weighted by Crippen LogP contribution is 2.27. The monoisotopic (exact) mass is 350 g/mol. The molecular weight excluding hydrogens is 332 g/mol. The first-order chi connectivity index (χ1) is 11.0. The van der Waals surface area contributed by atoms with E-state index in [1.165, 1.54) is 0 Å². The van der Waals surface area contributed by atoms with Crippen molar-refractivity contribution >= 4 is 34.6 Å². The normalized spacial score (nSPS) is 11.5. The lowest BCUT2D eigenvalue weighted by atomic mass is 10.1. The van der Waals surface area contributed by atoms with Crippen LogP contribution in [0.15, 0.2) is 42.5 Å². The molecule has 0 radical (unpaired) electrons. The molecule has 2 aromatic rings. The van der Waals surface area contributed by atoms with Crippen LogP contribution in [0.5, 0.6) is 11.5 Å². The second-order valence-corrected chi connectivity index (χ2v) is 5.76. The number of methoxy groups -OCH3 is 2. The zero-order valence-corrected chi connectivity index (χ0v) is 14.8. The van der Waals surface area contributed by atoms with Crippen LogP contribution in [0.25, 0.3) is 0 Å². The van der Waals surface area contributed by atoms with Crippen LogP contribution in [0.1, 0.15) is 18.5 Å². The molecule has 2 N–H and O–H groups in total. The van der Waals surface area contributed by atoms with E-state index in [-0.39, 0.29) is 6.04 Å². The number of benzene rings is 2. The minimum absolute atomic E-state index is 0.0645. The maximum Gasteiger partial charge on any atom is 0.171 e. The predicted octanol–water partition coefficient (Wildman–Crippen LogP) is 4.40. The van der Waals surface area contributed by atoms with E-state index in [9.17, 15) is 0 Å². The number of hydrogen-bond acceptors (Lipinski definition) is 3.